The predicted octanol–water partition coefficient (Wildman–Crippen LogP) is 3.32. The number of amides is 1. The number of hydrogen-bond acceptors (Lipinski definition) is 1. The predicted molar refractivity (Wildman–Crippen MR) is 72.7 cm³/mol. The zero-order valence-electron chi connectivity index (χ0n) is 10.8. The van der Waals surface area contributed by atoms with Crippen LogP contribution in [0, 0.1) is 5.92 Å². The summed E-state index contributed by atoms with van der Waals surface area (Å²) < 4.78 is 0. The third-order valence-corrected chi connectivity index (χ3v) is 3.29. The van der Waals surface area contributed by atoms with E-state index in [2.05, 4.69) is 19.2 Å². The number of hydrogen-bond donors (Lipinski definition) is 0. The van der Waals surface area contributed by atoms with Gasteiger partial charge in [-0.15, -0.1) is 13.2 Å². The van der Waals surface area contributed by atoms with Gasteiger partial charge in [0.15, 0.2) is 0 Å². The zero-order valence-corrected chi connectivity index (χ0v) is 10.8. The molecule has 0 heterocycles. The van der Waals surface area contributed by atoms with Gasteiger partial charge in [-0.3, -0.25) is 4.79 Å². The van der Waals surface area contributed by atoms with E-state index in [1.54, 1.807) is 6.08 Å². The molecule has 0 unspecified atom stereocenters. The van der Waals surface area contributed by atoms with E-state index in [0.717, 1.165) is 32.2 Å². The maximum Gasteiger partial charge on any atom is 0.230 e. The van der Waals surface area contributed by atoms with Gasteiger partial charge in [-0.05, 0) is 32.6 Å². The second-order valence-corrected chi connectivity index (χ2v) is 4.41. The Morgan fingerprint density at radius 1 is 1.47 bits per heavy atom. The van der Waals surface area contributed by atoms with E-state index in [-0.39, 0.29) is 11.8 Å². The third-order valence-electron chi connectivity index (χ3n) is 3.29. The van der Waals surface area contributed by atoms with Gasteiger partial charge in [-0.2, -0.15) is 0 Å². The Balaban J connectivity index is 2.72. The van der Waals surface area contributed by atoms with E-state index < -0.39 is 0 Å². The average Bonchev–Trinajstić information content (AvgIpc) is 2.80. The molecule has 0 radical (unpaired) electrons. The molecule has 0 saturated heterocycles. The van der Waals surface area contributed by atoms with E-state index in [0.29, 0.717) is 6.54 Å². The summed E-state index contributed by atoms with van der Waals surface area (Å²) in [5.74, 6) is 0.370. The Morgan fingerprint density at radius 3 is 2.82 bits per heavy atom. The lowest BCUT2D eigenvalue weighted by Gasteiger charge is -2.23. The fourth-order valence-electron chi connectivity index (χ4n) is 2.38. The highest BCUT2D eigenvalue weighted by Crippen LogP contribution is 2.32. The van der Waals surface area contributed by atoms with Crippen LogP contribution in [0.1, 0.15) is 32.6 Å². The maximum atomic E-state index is 12.4. The summed E-state index contributed by atoms with van der Waals surface area (Å²) in [5, 5.41) is 0. The molecule has 1 saturated carbocycles. The molecular weight excluding hydrogens is 210 g/mol. The quantitative estimate of drug-likeness (QED) is 0.644. The molecule has 0 aromatic carbocycles. The molecule has 2 heteroatoms. The molecule has 1 amide bonds. The van der Waals surface area contributed by atoms with Gasteiger partial charge in [0.05, 0.1) is 5.92 Å². The van der Waals surface area contributed by atoms with Crippen molar-refractivity contribution < 1.29 is 4.79 Å². The summed E-state index contributed by atoms with van der Waals surface area (Å²) in [7, 11) is 0. The lowest BCUT2D eigenvalue weighted by Crippen LogP contribution is -2.35. The Morgan fingerprint density at radius 2 is 2.24 bits per heavy atom. The minimum atomic E-state index is 0.106. The normalized spacial score (nSPS) is 21.5. The van der Waals surface area contributed by atoms with Crippen LogP contribution in [0.4, 0.5) is 0 Å². The molecule has 0 spiro atoms. The molecule has 0 N–H and O–H groups in total. The van der Waals surface area contributed by atoms with Crippen LogP contribution in [-0.2, 0) is 4.79 Å². The van der Waals surface area contributed by atoms with Crippen LogP contribution in [0.5, 0.6) is 0 Å². The first kappa shape index (κ1) is 13.8. The van der Waals surface area contributed by atoms with Crippen molar-refractivity contribution in [2.45, 2.75) is 32.6 Å². The Kier molecular flexibility index (Phi) is 5.75. The van der Waals surface area contributed by atoms with Gasteiger partial charge in [0.25, 0.3) is 0 Å². The van der Waals surface area contributed by atoms with Crippen molar-refractivity contribution >= 4 is 5.91 Å². The first-order valence-corrected chi connectivity index (χ1v) is 6.44. The van der Waals surface area contributed by atoms with Gasteiger partial charge >= 0.3 is 0 Å². The molecule has 1 fully saturated rings. The van der Waals surface area contributed by atoms with E-state index in [4.69, 9.17) is 0 Å². The first-order valence-electron chi connectivity index (χ1n) is 6.44. The summed E-state index contributed by atoms with van der Waals surface area (Å²) in [6.07, 6.45) is 9.91. The summed E-state index contributed by atoms with van der Waals surface area (Å²) in [6, 6.07) is 0. The molecule has 0 bridgehead atoms. The molecule has 0 aliphatic heterocycles. The van der Waals surface area contributed by atoms with Gasteiger partial charge in [0.1, 0.15) is 0 Å². The zero-order chi connectivity index (χ0) is 12.7. The maximum absolute atomic E-state index is 12.4. The van der Waals surface area contributed by atoms with Crippen molar-refractivity contribution in [1.82, 2.24) is 4.90 Å². The monoisotopic (exact) mass is 233 g/mol. The van der Waals surface area contributed by atoms with Gasteiger partial charge in [-0.1, -0.05) is 23.8 Å². The molecule has 1 rings (SSSR count). The summed E-state index contributed by atoms with van der Waals surface area (Å²) in [5.41, 5.74) is 1.30. The van der Waals surface area contributed by atoms with Gasteiger partial charge < -0.3 is 4.90 Å². The van der Waals surface area contributed by atoms with Crippen LogP contribution in [0.25, 0.3) is 0 Å². The highest BCUT2D eigenvalue weighted by molar-refractivity contribution is 5.82. The van der Waals surface area contributed by atoms with E-state index in [9.17, 15) is 4.79 Å². The van der Waals surface area contributed by atoms with Gasteiger partial charge in [0, 0.05) is 13.1 Å². The van der Waals surface area contributed by atoms with Crippen molar-refractivity contribution in [3.63, 3.8) is 0 Å². The van der Waals surface area contributed by atoms with Crippen molar-refractivity contribution in [3.05, 3.63) is 37.0 Å². The van der Waals surface area contributed by atoms with Crippen LogP contribution in [0.2, 0.25) is 0 Å². The summed E-state index contributed by atoms with van der Waals surface area (Å²) in [6.45, 7) is 10.9. The topological polar surface area (TPSA) is 20.3 Å². The largest absolute Gasteiger partial charge is 0.339 e. The van der Waals surface area contributed by atoms with E-state index in [1.807, 2.05) is 17.9 Å². The van der Waals surface area contributed by atoms with Crippen LogP contribution in [-0.4, -0.2) is 23.9 Å². The molecule has 0 aromatic heterocycles. The van der Waals surface area contributed by atoms with E-state index >= 15 is 0 Å². The summed E-state index contributed by atoms with van der Waals surface area (Å²) >= 11 is 0. The second kappa shape index (κ2) is 7.10. The fourth-order valence-corrected chi connectivity index (χ4v) is 2.38. The number of allylic oxidation sites excluding steroid dienone is 2. The minimum Gasteiger partial charge on any atom is -0.339 e. The second-order valence-electron chi connectivity index (χ2n) is 4.41. The lowest BCUT2D eigenvalue weighted by atomic mass is 10.00. The fraction of sp³-hybridized carbons (Fsp3) is 0.533. The lowest BCUT2D eigenvalue weighted by molar-refractivity contribution is -0.133. The van der Waals surface area contributed by atoms with Crippen molar-refractivity contribution in [1.29, 1.82) is 0 Å². The van der Waals surface area contributed by atoms with Gasteiger partial charge in [0.2, 0.25) is 5.91 Å². The molecule has 94 valence electrons. The molecule has 1 aliphatic rings. The first-order chi connectivity index (χ1) is 8.24. The molecule has 1 aliphatic carbocycles. The van der Waals surface area contributed by atoms with Crippen molar-refractivity contribution in [3.8, 4) is 0 Å². The van der Waals surface area contributed by atoms with Crippen LogP contribution in [0.3, 0.4) is 0 Å². The number of rotatable bonds is 6. The standard InChI is InChI=1S/C15H23NO/c1-4-7-9-13-10-8-11-14(13)15(17)16(6-3)12-5-2/h4-5,9,14H,1-2,6-8,10-12H2,3H3/b13-9+/t14-/m0/s1. The van der Waals surface area contributed by atoms with Crippen LogP contribution in [0.15, 0.2) is 37.0 Å². The van der Waals surface area contributed by atoms with E-state index in [1.165, 1.54) is 5.57 Å². The average molecular weight is 233 g/mol. The number of carbonyl (C=O) groups is 1. The molecule has 0 aromatic rings. The molecular formula is C15H23NO. The number of carbonyl (C=O) groups excluding carboxylic acids is 1. The molecule has 17 heavy (non-hydrogen) atoms. The SMILES string of the molecule is C=CC/C=C1\CCC[C@@H]1C(=O)N(CC)CC=C. The van der Waals surface area contributed by atoms with Crippen molar-refractivity contribution in [2.75, 3.05) is 13.1 Å². The number of nitrogens with zero attached hydrogens (tertiary/aromatic N) is 1. The van der Waals surface area contributed by atoms with Crippen LogP contribution >= 0.6 is 0 Å². The molecule has 1 atom stereocenters. The smallest absolute Gasteiger partial charge is 0.230 e. The highest BCUT2D eigenvalue weighted by Gasteiger charge is 2.29. The Hall–Kier alpha value is -1.31. The van der Waals surface area contributed by atoms with Crippen LogP contribution < -0.4 is 0 Å². The summed E-state index contributed by atoms with van der Waals surface area (Å²) in [4.78, 5) is 14.2. The minimum absolute atomic E-state index is 0.106. The third kappa shape index (κ3) is 3.58. The highest BCUT2D eigenvalue weighted by atomic mass is 16.2. The Bertz CT molecular complexity index is 317. The number of likely N-dealkylation sites (N-methyl/N-ethyl adjacent to an activating group) is 1. The van der Waals surface area contributed by atoms with Gasteiger partial charge in [-0.25, -0.2) is 0 Å². The molecule has 2 nitrogen and oxygen atoms in total. The Labute approximate surface area is 105 Å². The van der Waals surface area contributed by atoms with Crippen molar-refractivity contribution in [2.24, 2.45) is 5.92 Å².